The van der Waals surface area contributed by atoms with Gasteiger partial charge in [-0.3, -0.25) is 9.36 Å². The molecule has 4 rings (SSSR count). The van der Waals surface area contributed by atoms with E-state index in [4.69, 9.17) is 16.1 Å². The number of aromatic nitrogens is 5. The van der Waals surface area contributed by atoms with Gasteiger partial charge < -0.3 is 9.84 Å². The number of hydrogen-bond donors (Lipinski definition) is 1. The standard InChI is InChI=1S/C21H19ClN6O2/c1-21(2,3)20-26-19(30-27-20)15-8-5-9-23-17(15)28-11-16(24-12-28)18(29)25-14-7-4-6-13(22)10-14/h4-12H,1-3H3,(H,25,29). The van der Waals surface area contributed by atoms with Crippen molar-refractivity contribution in [2.24, 2.45) is 0 Å². The van der Waals surface area contributed by atoms with Gasteiger partial charge in [0.2, 0.25) is 0 Å². The average molecular weight is 423 g/mol. The minimum atomic E-state index is -0.360. The zero-order valence-corrected chi connectivity index (χ0v) is 17.4. The van der Waals surface area contributed by atoms with Crippen molar-refractivity contribution in [1.82, 2.24) is 24.7 Å². The highest BCUT2D eigenvalue weighted by Gasteiger charge is 2.23. The molecule has 0 aliphatic heterocycles. The number of nitrogens with one attached hydrogen (secondary N) is 1. The third-order valence-corrected chi connectivity index (χ3v) is 4.49. The zero-order valence-electron chi connectivity index (χ0n) is 16.6. The van der Waals surface area contributed by atoms with Gasteiger partial charge in [-0.1, -0.05) is 43.6 Å². The predicted molar refractivity (Wildman–Crippen MR) is 113 cm³/mol. The molecule has 0 saturated carbocycles. The van der Waals surface area contributed by atoms with E-state index >= 15 is 0 Å². The van der Waals surface area contributed by atoms with Crippen molar-refractivity contribution < 1.29 is 9.32 Å². The summed E-state index contributed by atoms with van der Waals surface area (Å²) in [6.45, 7) is 6.02. The molecule has 1 amide bonds. The molecule has 3 heterocycles. The second-order valence-electron chi connectivity index (χ2n) is 7.68. The summed E-state index contributed by atoms with van der Waals surface area (Å²) >= 11 is 5.96. The average Bonchev–Trinajstić information content (AvgIpc) is 3.38. The fourth-order valence-electron chi connectivity index (χ4n) is 2.72. The minimum absolute atomic E-state index is 0.229. The molecule has 8 nitrogen and oxygen atoms in total. The Morgan fingerprint density at radius 3 is 2.73 bits per heavy atom. The van der Waals surface area contributed by atoms with Gasteiger partial charge in [0.25, 0.3) is 11.8 Å². The van der Waals surface area contributed by atoms with E-state index in [1.165, 1.54) is 6.33 Å². The maximum atomic E-state index is 12.5. The van der Waals surface area contributed by atoms with Crippen LogP contribution in [0.5, 0.6) is 0 Å². The predicted octanol–water partition coefficient (Wildman–Crippen LogP) is 4.52. The molecule has 0 bridgehead atoms. The van der Waals surface area contributed by atoms with Crippen LogP contribution in [0.15, 0.2) is 59.6 Å². The van der Waals surface area contributed by atoms with Gasteiger partial charge in [-0.15, -0.1) is 0 Å². The van der Waals surface area contributed by atoms with Crippen molar-refractivity contribution in [1.29, 1.82) is 0 Å². The molecule has 1 aromatic carbocycles. The van der Waals surface area contributed by atoms with Gasteiger partial charge in [0.05, 0.1) is 5.56 Å². The number of pyridine rings is 1. The SMILES string of the molecule is CC(C)(C)c1noc(-c2cccnc2-n2cnc(C(=O)Nc3cccc(Cl)c3)c2)n1. The Bertz CT molecular complexity index is 1210. The third-order valence-electron chi connectivity index (χ3n) is 4.26. The lowest BCUT2D eigenvalue weighted by Gasteiger charge is -2.11. The molecule has 30 heavy (non-hydrogen) atoms. The molecule has 0 spiro atoms. The normalized spacial score (nSPS) is 11.5. The van der Waals surface area contributed by atoms with Crippen LogP contribution in [0.2, 0.25) is 5.02 Å². The molecule has 1 N–H and O–H groups in total. The van der Waals surface area contributed by atoms with E-state index in [2.05, 4.69) is 25.4 Å². The van der Waals surface area contributed by atoms with Crippen molar-refractivity contribution in [2.75, 3.05) is 5.32 Å². The molecule has 152 valence electrons. The summed E-state index contributed by atoms with van der Waals surface area (Å²) in [5.74, 6) is 1.11. The van der Waals surface area contributed by atoms with Gasteiger partial charge in [0, 0.05) is 28.5 Å². The number of imidazole rings is 1. The Morgan fingerprint density at radius 2 is 2.00 bits per heavy atom. The maximum Gasteiger partial charge on any atom is 0.275 e. The fourth-order valence-corrected chi connectivity index (χ4v) is 2.91. The van der Waals surface area contributed by atoms with Gasteiger partial charge in [-0.25, -0.2) is 9.97 Å². The van der Waals surface area contributed by atoms with Gasteiger partial charge >= 0.3 is 0 Å². The quantitative estimate of drug-likeness (QED) is 0.519. The number of amides is 1. The van der Waals surface area contributed by atoms with E-state index in [0.717, 1.165) is 0 Å². The molecule has 0 atom stereocenters. The molecule has 0 aliphatic rings. The highest BCUT2D eigenvalue weighted by Crippen LogP contribution is 2.27. The summed E-state index contributed by atoms with van der Waals surface area (Å²) in [5.41, 5.74) is 1.21. The number of carbonyl (C=O) groups excluding carboxylic acids is 1. The molecule has 3 aromatic heterocycles. The van der Waals surface area contributed by atoms with Crippen molar-refractivity contribution in [3.63, 3.8) is 0 Å². The number of anilines is 1. The van der Waals surface area contributed by atoms with Crippen LogP contribution >= 0.6 is 11.6 Å². The summed E-state index contributed by atoms with van der Waals surface area (Å²) in [5, 5.41) is 7.37. The van der Waals surface area contributed by atoms with Crippen LogP contribution in [0.3, 0.4) is 0 Å². The molecule has 0 radical (unpaired) electrons. The van der Waals surface area contributed by atoms with Crippen LogP contribution in [0.25, 0.3) is 17.3 Å². The lowest BCUT2D eigenvalue weighted by molar-refractivity contribution is 0.102. The number of benzene rings is 1. The van der Waals surface area contributed by atoms with E-state index in [0.29, 0.717) is 33.8 Å². The van der Waals surface area contributed by atoms with Crippen LogP contribution < -0.4 is 5.32 Å². The number of nitrogens with zero attached hydrogens (tertiary/aromatic N) is 5. The van der Waals surface area contributed by atoms with Crippen molar-refractivity contribution in [3.05, 3.63) is 71.7 Å². The van der Waals surface area contributed by atoms with Crippen LogP contribution in [0.4, 0.5) is 5.69 Å². The molecular formula is C21H19ClN6O2. The number of hydrogen-bond acceptors (Lipinski definition) is 6. The molecule has 9 heteroatoms. The fraction of sp³-hybridized carbons (Fsp3) is 0.190. The maximum absolute atomic E-state index is 12.5. The molecule has 0 unspecified atom stereocenters. The largest absolute Gasteiger partial charge is 0.334 e. The van der Waals surface area contributed by atoms with E-state index in [9.17, 15) is 4.79 Å². The first kappa shape index (κ1) is 19.8. The Balaban J connectivity index is 1.63. The van der Waals surface area contributed by atoms with Gasteiger partial charge in [-0.05, 0) is 30.3 Å². The lowest BCUT2D eigenvalue weighted by atomic mass is 9.96. The number of carbonyl (C=O) groups is 1. The summed E-state index contributed by atoms with van der Waals surface area (Å²) in [6, 6.07) is 10.5. The second-order valence-corrected chi connectivity index (χ2v) is 8.11. The van der Waals surface area contributed by atoms with Crippen LogP contribution in [0.1, 0.15) is 37.1 Å². The molecule has 0 saturated heterocycles. The first-order valence-corrected chi connectivity index (χ1v) is 9.60. The summed E-state index contributed by atoms with van der Waals surface area (Å²) in [4.78, 5) is 25.7. The van der Waals surface area contributed by atoms with Crippen molar-refractivity contribution in [2.45, 2.75) is 26.2 Å². The van der Waals surface area contributed by atoms with E-state index in [1.54, 1.807) is 47.3 Å². The van der Waals surface area contributed by atoms with Gasteiger partial charge in [-0.2, -0.15) is 4.98 Å². The number of halogens is 1. The van der Waals surface area contributed by atoms with Crippen molar-refractivity contribution >= 4 is 23.2 Å². The molecule has 0 aliphatic carbocycles. The van der Waals surface area contributed by atoms with E-state index < -0.39 is 0 Å². The highest BCUT2D eigenvalue weighted by molar-refractivity contribution is 6.30. The van der Waals surface area contributed by atoms with Gasteiger partial charge in [0.15, 0.2) is 11.6 Å². The second kappa shape index (κ2) is 7.72. The summed E-state index contributed by atoms with van der Waals surface area (Å²) in [7, 11) is 0. The first-order chi connectivity index (χ1) is 14.3. The molecular weight excluding hydrogens is 404 g/mol. The monoisotopic (exact) mass is 422 g/mol. The Morgan fingerprint density at radius 1 is 1.17 bits per heavy atom. The highest BCUT2D eigenvalue weighted by atomic mass is 35.5. The number of rotatable bonds is 4. The third kappa shape index (κ3) is 4.08. The Kier molecular flexibility index (Phi) is 5.09. The topological polar surface area (TPSA) is 98.7 Å². The Hall–Kier alpha value is -3.52. The van der Waals surface area contributed by atoms with Crippen LogP contribution in [-0.2, 0) is 5.41 Å². The van der Waals surface area contributed by atoms with Crippen molar-refractivity contribution in [3.8, 4) is 17.3 Å². The first-order valence-electron chi connectivity index (χ1n) is 9.22. The van der Waals surface area contributed by atoms with E-state index in [-0.39, 0.29) is 17.0 Å². The molecule has 0 fully saturated rings. The molecule has 4 aromatic rings. The minimum Gasteiger partial charge on any atom is -0.334 e. The van der Waals surface area contributed by atoms with Gasteiger partial charge in [0.1, 0.15) is 12.0 Å². The Labute approximate surface area is 177 Å². The zero-order chi connectivity index (χ0) is 21.3. The van der Waals surface area contributed by atoms with Crippen LogP contribution in [0, 0.1) is 0 Å². The summed E-state index contributed by atoms with van der Waals surface area (Å²) in [6.07, 6.45) is 4.75. The van der Waals surface area contributed by atoms with E-state index in [1.807, 2.05) is 26.8 Å². The smallest absolute Gasteiger partial charge is 0.275 e. The summed E-state index contributed by atoms with van der Waals surface area (Å²) < 4.78 is 7.10. The van der Waals surface area contributed by atoms with Crippen LogP contribution in [-0.4, -0.2) is 30.6 Å². The lowest BCUT2D eigenvalue weighted by Crippen LogP contribution is -2.13.